The molecule has 6 heteroatoms. The van der Waals surface area contributed by atoms with Crippen molar-refractivity contribution in [3.05, 3.63) is 60.2 Å². The number of nitrogens with one attached hydrogen (secondary N) is 1. The zero-order chi connectivity index (χ0) is 19.7. The molecule has 5 nitrogen and oxygen atoms in total. The monoisotopic (exact) mass is 398 g/mol. The van der Waals surface area contributed by atoms with Crippen LogP contribution in [0.25, 0.3) is 0 Å². The van der Waals surface area contributed by atoms with Crippen molar-refractivity contribution in [3.63, 3.8) is 0 Å². The van der Waals surface area contributed by atoms with E-state index in [1.807, 2.05) is 0 Å². The Balaban J connectivity index is 1.49. The van der Waals surface area contributed by atoms with Gasteiger partial charge in [-0.1, -0.05) is 24.6 Å². The molecule has 0 unspecified atom stereocenters. The highest BCUT2D eigenvalue weighted by Crippen LogP contribution is 2.44. The van der Waals surface area contributed by atoms with Crippen LogP contribution >= 0.6 is 0 Å². The molecule has 3 atom stereocenters. The summed E-state index contributed by atoms with van der Waals surface area (Å²) in [6.07, 6.45) is 4.85. The molecule has 4 rings (SSSR count). The zero-order valence-electron chi connectivity index (χ0n) is 16.0. The molecule has 2 saturated carbocycles. The average Bonchev–Trinajstić information content (AvgIpc) is 3.33. The summed E-state index contributed by atoms with van der Waals surface area (Å²) in [7, 11) is -3.63. The van der Waals surface area contributed by atoms with E-state index in [0.717, 1.165) is 12.3 Å². The molecule has 0 radical (unpaired) electrons. The van der Waals surface area contributed by atoms with Gasteiger partial charge in [0.1, 0.15) is 0 Å². The van der Waals surface area contributed by atoms with Crippen LogP contribution in [0.3, 0.4) is 0 Å². The number of anilines is 1. The minimum absolute atomic E-state index is 0.0712. The summed E-state index contributed by atoms with van der Waals surface area (Å²) in [4.78, 5) is 12.9. The maximum atomic E-state index is 12.9. The van der Waals surface area contributed by atoms with Crippen molar-refractivity contribution in [1.82, 2.24) is 5.32 Å². The van der Waals surface area contributed by atoms with Crippen molar-refractivity contribution in [2.45, 2.75) is 43.5 Å². The summed E-state index contributed by atoms with van der Waals surface area (Å²) < 4.78 is 27.2. The van der Waals surface area contributed by atoms with E-state index in [4.69, 9.17) is 0 Å². The quantitative estimate of drug-likeness (QED) is 0.804. The van der Waals surface area contributed by atoms with Crippen molar-refractivity contribution >= 4 is 21.6 Å². The predicted octanol–water partition coefficient (Wildman–Crippen LogP) is 3.82. The van der Waals surface area contributed by atoms with Crippen LogP contribution in [0.2, 0.25) is 0 Å². The summed E-state index contributed by atoms with van der Waals surface area (Å²) in [5.74, 6) is 1.33. The van der Waals surface area contributed by atoms with E-state index in [9.17, 15) is 13.2 Å². The molecule has 0 aromatic heterocycles. The fourth-order valence-electron chi connectivity index (χ4n) is 4.66. The van der Waals surface area contributed by atoms with Gasteiger partial charge in [0.15, 0.2) is 0 Å². The molecule has 0 heterocycles. The first-order chi connectivity index (χ1) is 13.5. The zero-order valence-corrected chi connectivity index (χ0v) is 16.9. The van der Waals surface area contributed by atoms with Gasteiger partial charge in [-0.05, 0) is 74.4 Å². The third-order valence-electron chi connectivity index (χ3n) is 6.09. The topological polar surface area (TPSA) is 66.5 Å². The van der Waals surface area contributed by atoms with E-state index < -0.39 is 10.0 Å². The molecular weight excluding hydrogens is 372 g/mol. The van der Waals surface area contributed by atoms with Crippen LogP contribution in [0.5, 0.6) is 0 Å². The highest BCUT2D eigenvalue weighted by Gasteiger charge is 2.40. The molecule has 0 aliphatic heterocycles. The lowest BCUT2D eigenvalue weighted by Crippen LogP contribution is -2.38. The largest absolute Gasteiger partial charge is 0.349 e. The first kappa shape index (κ1) is 19.0. The van der Waals surface area contributed by atoms with Crippen LogP contribution in [0, 0.1) is 11.8 Å². The lowest BCUT2D eigenvalue weighted by Gasteiger charge is -2.24. The van der Waals surface area contributed by atoms with Gasteiger partial charge in [-0.2, -0.15) is 0 Å². The Bertz CT molecular complexity index is 942. The van der Waals surface area contributed by atoms with Gasteiger partial charge < -0.3 is 5.32 Å². The van der Waals surface area contributed by atoms with Crippen LogP contribution < -0.4 is 9.62 Å². The van der Waals surface area contributed by atoms with Crippen molar-refractivity contribution < 1.29 is 13.2 Å². The summed E-state index contributed by atoms with van der Waals surface area (Å²) >= 11 is 0. The Kier molecular flexibility index (Phi) is 5.15. The molecule has 148 valence electrons. The highest BCUT2D eigenvalue weighted by atomic mass is 32.2. The summed E-state index contributed by atoms with van der Waals surface area (Å²) in [5.41, 5.74) is 1.13. The van der Waals surface area contributed by atoms with Crippen LogP contribution in [0.1, 0.15) is 43.0 Å². The summed E-state index contributed by atoms with van der Waals surface area (Å²) in [6, 6.07) is 15.5. The summed E-state index contributed by atoms with van der Waals surface area (Å²) in [5, 5.41) is 3.17. The highest BCUT2D eigenvalue weighted by molar-refractivity contribution is 7.92. The number of fused-ring (bicyclic) bond motifs is 2. The molecule has 2 aliphatic carbocycles. The standard InChI is InChI=1S/C22H26N2O3S/c1-2-24(28(26,27)20-6-4-3-5-7-20)19-12-10-17(11-13-19)22(25)23-21-15-16-8-9-18(21)14-16/h3-7,10-13,16,18,21H,2,8-9,14-15H2,1H3,(H,23,25)/t16-,18-,21-/m0/s1. The average molecular weight is 399 g/mol. The second-order valence-electron chi connectivity index (χ2n) is 7.78. The lowest BCUT2D eigenvalue weighted by atomic mass is 9.95. The molecule has 0 spiro atoms. The van der Waals surface area contributed by atoms with E-state index in [0.29, 0.717) is 23.7 Å². The van der Waals surface area contributed by atoms with E-state index >= 15 is 0 Å². The number of rotatable bonds is 6. The maximum absolute atomic E-state index is 12.9. The fraction of sp³-hybridized carbons (Fsp3) is 0.409. The number of carbonyl (C=O) groups excluding carboxylic acids is 1. The number of carbonyl (C=O) groups is 1. The van der Waals surface area contributed by atoms with Gasteiger partial charge >= 0.3 is 0 Å². The number of hydrogen-bond donors (Lipinski definition) is 1. The van der Waals surface area contributed by atoms with Gasteiger partial charge in [0.05, 0.1) is 10.6 Å². The Morgan fingerprint density at radius 3 is 2.32 bits per heavy atom. The van der Waals surface area contributed by atoms with E-state index in [1.54, 1.807) is 61.5 Å². The van der Waals surface area contributed by atoms with Gasteiger partial charge in [0.25, 0.3) is 15.9 Å². The SMILES string of the molecule is CCN(c1ccc(C(=O)N[C@H]2C[C@H]3CC[C@H]2C3)cc1)S(=O)(=O)c1ccccc1. The van der Waals surface area contributed by atoms with Crippen molar-refractivity contribution in [3.8, 4) is 0 Å². The van der Waals surface area contributed by atoms with E-state index in [1.165, 1.54) is 23.6 Å². The second kappa shape index (κ2) is 7.59. The molecule has 2 fully saturated rings. The van der Waals surface area contributed by atoms with Gasteiger partial charge in [0.2, 0.25) is 0 Å². The molecular formula is C22H26N2O3S. The maximum Gasteiger partial charge on any atom is 0.264 e. The first-order valence-corrected chi connectivity index (χ1v) is 11.4. The first-order valence-electron chi connectivity index (χ1n) is 9.97. The predicted molar refractivity (Wildman–Crippen MR) is 110 cm³/mol. The number of amides is 1. The van der Waals surface area contributed by atoms with Crippen LogP contribution in [0.15, 0.2) is 59.5 Å². The van der Waals surface area contributed by atoms with Gasteiger partial charge in [-0.15, -0.1) is 0 Å². The molecule has 1 N–H and O–H groups in total. The normalized spacial score (nSPS) is 23.5. The molecule has 2 bridgehead atoms. The minimum atomic E-state index is -3.63. The Morgan fingerprint density at radius 2 is 1.75 bits per heavy atom. The number of sulfonamides is 1. The third kappa shape index (κ3) is 3.53. The summed E-state index contributed by atoms with van der Waals surface area (Å²) in [6.45, 7) is 2.12. The van der Waals surface area contributed by atoms with Crippen LogP contribution in [-0.4, -0.2) is 26.9 Å². The second-order valence-corrected chi connectivity index (χ2v) is 9.65. The third-order valence-corrected chi connectivity index (χ3v) is 8.01. The fourth-order valence-corrected chi connectivity index (χ4v) is 6.16. The van der Waals surface area contributed by atoms with Gasteiger partial charge in [-0.25, -0.2) is 8.42 Å². The molecule has 2 aliphatic rings. The number of nitrogens with zero attached hydrogens (tertiary/aromatic N) is 1. The van der Waals surface area contributed by atoms with Gasteiger partial charge in [-0.3, -0.25) is 9.10 Å². The lowest BCUT2D eigenvalue weighted by molar-refractivity contribution is 0.0923. The number of hydrogen-bond acceptors (Lipinski definition) is 3. The van der Waals surface area contributed by atoms with E-state index in [2.05, 4.69) is 5.32 Å². The van der Waals surface area contributed by atoms with Crippen molar-refractivity contribution in [2.24, 2.45) is 11.8 Å². The van der Waals surface area contributed by atoms with Crippen LogP contribution in [-0.2, 0) is 10.0 Å². The molecule has 28 heavy (non-hydrogen) atoms. The molecule has 2 aromatic carbocycles. The smallest absolute Gasteiger partial charge is 0.264 e. The Hall–Kier alpha value is -2.34. The molecule has 0 saturated heterocycles. The van der Waals surface area contributed by atoms with Crippen LogP contribution in [0.4, 0.5) is 5.69 Å². The minimum Gasteiger partial charge on any atom is -0.349 e. The molecule has 1 amide bonds. The van der Waals surface area contributed by atoms with E-state index in [-0.39, 0.29) is 16.8 Å². The Morgan fingerprint density at radius 1 is 1.04 bits per heavy atom. The molecule has 2 aromatic rings. The van der Waals surface area contributed by atoms with Crippen molar-refractivity contribution in [1.29, 1.82) is 0 Å². The van der Waals surface area contributed by atoms with Crippen molar-refractivity contribution in [2.75, 3.05) is 10.8 Å². The van der Waals surface area contributed by atoms with Gasteiger partial charge in [0, 0.05) is 18.2 Å². The Labute approximate surface area is 166 Å². The number of benzene rings is 2.